The molecular formula is C24H23N5O2. The highest BCUT2D eigenvalue weighted by Crippen LogP contribution is 2.08. The number of nitrogens with zero attached hydrogens (tertiary/aromatic N) is 4. The number of hydrogen-bond donors (Lipinski definition) is 1. The molecule has 7 heteroatoms. The van der Waals surface area contributed by atoms with Crippen molar-refractivity contribution in [3.05, 3.63) is 100 Å². The third-order valence-corrected chi connectivity index (χ3v) is 4.91. The van der Waals surface area contributed by atoms with Crippen LogP contribution in [0.1, 0.15) is 16.7 Å². The molecule has 7 nitrogen and oxygen atoms in total. The molecule has 0 aliphatic carbocycles. The molecule has 0 atom stereocenters. The predicted octanol–water partition coefficient (Wildman–Crippen LogP) is 2.78. The summed E-state index contributed by atoms with van der Waals surface area (Å²) >= 11 is 0. The molecule has 0 saturated heterocycles. The van der Waals surface area contributed by atoms with Crippen molar-refractivity contribution >= 4 is 23.0 Å². The summed E-state index contributed by atoms with van der Waals surface area (Å²) in [5.74, 6) is -0.186. The van der Waals surface area contributed by atoms with Crippen LogP contribution < -0.4 is 10.9 Å². The monoisotopic (exact) mass is 413 g/mol. The van der Waals surface area contributed by atoms with Crippen LogP contribution in [0.3, 0.4) is 0 Å². The number of hydrogen-bond acceptors (Lipinski definition) is 4. The Labute approximate surface area is 179 Å². The first kappa shape index (κ1) is 20.3. The van der Waals surface area contributed by atoms with Gasteiger partial charge in [-0.3, -0.25) is 14.2 Å². The van der Waals surface area contributed by atoms with Crippen molar-refractivity contribution in [2.24, 2.45) is 0 Å². The second-order valence-corrected chi connectivity index (χ2v) is 7.31. The normalized spacial score (nSPS) is 11.3. The standard InChI is InChI=1S/C24H23N5O2/c1-18-6-5-9-20(14-18)16-28-17-26-23-21(24(28)31)15-27-29(23)13-12-25-22(30)11-10-19-7-3-2-4-8-19/h2-11,14-15,17H,12-13,16H2,1H3,(H,25,30)/b11-10+. The molecule has 0 spiro atoms. The fraction of sp³-hybridized carbons (Fsp3) is 0.167. The van der Waals surface area contributed by atoms with Crippen molar-refractivity contribution < 1.29 is 4.79 Å². The summed E-state index contributed by atoms with van der Waals surface area (Å²) in [6, 6.07) is 17.7. The van der Waals surface area contributed by atoms with E-state index >= 15 is 0 Å². The number of amides is 1. The van der Waals surface area contributed by atoms with Crippen LogP contribution in [0, 0.1) is 6.92 Å². The fourth-order valence-electron chi connectivity index (χ4n) is 3.36. The van der Waals surface area contributed by atoms with Crippen molar-refractivity contribution in [2.45, 2.75) is 20.0 Å². The van der Waals surface area contributed by atoms with Crippen molar-refractivity contribution in [1.82, 2.24) is 24.6 Å². The van der Waals surface area contributed by atoms with E-state index in [9.17, 15) is 9.59 Å². The van der Waals surface area contributed by atoms with Gasteiger partial charge < -0.3 is 5.32 Å². The number of aryl methyl sites for hydroxylation is 1. The molecule has 1 amide bonds. The summed E-state index contributed by atoms with van der Waals surface area (Å²) in [4.78, 5) is 29.3. The molecule has 0 fully saturated rings. The van der Waals surface area contributed by atoms with Crippen molar-refractivity contribution in [2.75, 3.05) is 6.54 Å². The van der Waals surface area contributed by atoms with Gasteiger partial charge in [-0.1, -0.05) is 60.2 Å². The Balaban J connectivity index is 1.40. The molecule has 2 heterocycles. The van der Waals surface area contributed by atoms with Crippen molar-refractivity contribution in [3.8, 4) is 0 Å². The number of fused-ring (bicyclic) bond motifs is 1. The van der Waals surface area contributed by atoms with Gasteiger partial charge in [-0.05, 0) is 24.1 Å². The van der Waals surface area contributed by atoms with E-state index in [2.05, 4.69) is 21.5 Å². The Morgan fingerprint density at radius 1 is 1.13 bits per heavy atom. The zero-order valence-corrected chi connectivity index (χ0v) is 17.2. The van der Waals surface area contributed by atoms with E-state index in [1.165, 1.54) is 12.3 Å². The summed E-state index contributed by atoms with van der Waals surface area (Å²) in [5.41, 5.74) is 3.53. The Kier molecular flexibility index (Phi) is 6.03. The first-order chi connectivity index (χ1) is 15.1. The molecule has 0 aliphatic heterocycles. The highest BCUT2D eigenvalue weighted by Gasteiger charge is 2.10. The molecule has 2 aromatic heterocycles. The number of aromatic nitrogens is 4. The van der Waals surface area contributed by atoms with Crippen LogP contribution in [0.4, 0.5) is 0 Å². The van der Waals surface area contributed by atoms with E-state index in [0.717, 1.165) is 16.7 Å². The maximum atomic E-state index is 12.8. The van der Waals surface area contributed by atoms with E-state index in [1.807, 2.05) is 55.5 Å². The lowest BCUT2D eigenvalue weighted by molar-refractivity contribution is -0.116. The molecule has 0 unspecified atom stereocenters. The molecule has 0 bridgehead atoms. The van der Waals surface area contributed by atoms with E-state index in [-0.39, 0.29) is 11.5 Å². The van der Waals surface area contributed by atoms with Gasteiger partial charge in [0.15, 0.2) is 5.65 Å². The van der Waals surface area contributed by atoms with Gasteiger partial charge in [-0.2, -0.15) is 5.10 Å². The molecule has 2 aromatic carbocycles. The molecule has 0 aliphatic rings. The summed E-state index contributed by atoms with van der Waals surface area (Å²) in [6.07, 6.45) is 6.34. The fourth-order valence-corrected chi connectivity index (χ4v) is 3.36. The summed E-state index contributed by atoms with van der Waals surface area (Å²) < 4.78 is 3.22. The van der Waals surface area contributed by atoms with E-state index < -0.39 is 0 Å². The average Bonchev–Trinajstić information content (AvgIpc) is 3.19. The third-order valence-electron chi connectivity index (χ3n) is 4.91. The average molecular weight is 413 g/mol. The van der Waals surface area contributed by atoms with Gasteiger partial charge in [0, 0.05) is 12.6 Å². The molecule has 4 aromatic rings. The number of carbonyl (C=O) groups is 1. The summed E-state index contributed by atoms with van der Waals surface area (Å²) in [6.45, 7) is 3.28. The zero-order valence-electron chi connectivity index (χ0n) is 17.2. The quantitative estimate of drug-likeness (QED) is 0.473. The van der Waals surface area contributed by atoms with Gasteiger partial charge in [-0.15, -0.1) is 0 Å². The summed E-state index contributed by atoms with van der Waals surface area (Å²) in [5, 5.41) is 7.57. The topological polar surface area (TPSA) is 81.8 Å². The van der Waals surface area contributed by atoms with E-state index in [0.29, 0.717) is 30.7 Å². The second kappa shape index (κ2) is 9.21. The Morgan fingerprint density at radius 2 is 1.97 bits per heavy atom. The van der Waals surface area contributed by atoms with Gasteiger partial charge in [-0.25, -0.2) is 9.67 Å². The highest BCUT2D eigenvalue weighted by molar-refractivity contribution is 5.91. The Hall–Kier alpha value is -4.00. The molecule has 0 saturated carbocycles. The minimum absolute atomic E-state index is 0.132. The highest BCUT2D eigenvalue weighted by atomic mass is 16.1. The lowest BCUT2D eigenvalue weighted by atomic mass is 10.1. The number of nitrogens with one attached hydrogen (secondary N) is 1. The maximum Gasteiger partial charge on any atom is 0.264 e. The summed E-state index contributed by atoms with van der Waals surface area (Å²) in [7, 11) is 0. The smallest absolute Gasteiger partial charge is 0.264 e. The SMILES string of the molecule is Cc1cccc(Cn2cnc3c(cnn3CCNC(=O)/C=C/c3ccccc3)c2=O)c1. The number of carbonyl (C=O) groups excluding carboxylic acids is 1. The largest absolute Gasteiger partial charge is 0.351 e. The Morgan fingerprint density at radius 3 is 2.77 bits per heavy atom. The van der Waals surface area contributed by atoms with Crippen LogP contribution in [0.15, 0.2) is 78.0 Å². The van der Waals surface area contributed by atoms with Gasteiger partial charge in [0.1, 0.15) is 11.7 Å². The minimum Gasteiger partial charge on any atom is -0.351 e. The van der Waals surface area contributed by atoms with Crippen LogP contribution in [0.5, 0.6) is 0 Å². The molecule has 31 heavy (non-hydrogen) atoms. The van der Waals surface area contributed by atoms with Crippen LogP contribution in [-0.4, -0.2) is 31.8 Å². The maximum absolute atomic E-state index is 12.8. The Bertz CT molecular complexity index is 1290. The number of rotatable bonds is 7. The van der Waals surface area contributed by atoms with E-state index in [4.69, 9.17) is 0 Å². The van der Waals surface area contributed by atoms with Gasteiger partial charge in [0.05, 0.1) is 19.3 Å². The first-order valence-electron chi connectivity index (χ1n) is 10.1. The lowest BCUT2D eigenvalue weighted by Gasteiger charge is -2.07. The van der Waals surface area contributed by atoms with Gasteiger partial charge in [0.2, 0.25) is 5.91 Å². The third kappa shape index (κ3) is 4.95. The van der Waals surface area contributed by atoms with Crippen LogP contribution in [-0.2, 0) is 17.9 Å². The molecular weight excluding hydrogens is 390 g/mol. The van der Waals surface area contributed by atoms with Crippen molar-refractivity contribution in [3.63, 3.8) is 0 Å². The molecule has 4 rings (SSSR count). The van der Waals surface area contributed by atoms with Gasteiger partial charge in [0.25, 0.3) is 5.56 Å². The lowest BCUT2D eigenvalue weighted by Crippen LogP contribution is -2.26. The first-order valence-corrected chi connectivity index (χ1v) is 10.1. The molecule has 156 valence electrons. The van der Waals surface area contributed by atoms with Crippen LogP contribution in [0.25, 0.3) is 17.1 Å². The number of benzene rings is 2. The molecule has 0 radical (unpaired) electrons. The minimum atomic E-state index is -0.186. The van der Waals surface area contributed by atoms with E-state index in [1.54, 1.807) is 21.7 Å². The zero-order chi connectivity index (χ0) is 21.6. The van der Waals surface area contributed by atoms with Crippen molar-refractivity contribution in [1.29, 1.82) is 0 Å². The predicted molar refractivity (Wildman–Crippen MR) is 121 cm³/mol. The molecule has 1 N–H and O–H groups in total. The second-order valence-electron chi connectivity index (χ2n) is 7.31. The van der Waals surface area contributed by atoms with Crippen LogP contribution in [0.2, 0.25) is 0 Å². The van der Waals surface area contributed by atoms with Gasteiger partial charge >= 0.3 is 0 Å². The van der Waals surface area contributed by atoms with Crippen LogP contribution >= 0.6 is 0 Å².